The Kier molecular flexibility index (Phi) is 3.33. The Balaban J connectivity index is 2.19. The molecule has 0 saturated carbocycles. The van der Waals surface area contributed by atoms with Crippen molar-refractivity contribution in [2.24, 2.45) is 7.05 Å². The van der Waals surface area contributed by atoms with Crippen molar-refractivity contribution >= 4 is 0 Å². The zero-order valence-corrected chi connectivity index (χ0v) is 9.36. The van der Waals surface area contributed by atoms with E-state index in [0.717, 1.165) is 38.3 Å². The van der Waals surface area contributed by atoms with E-state index in [-0.39, 0.29) is 0 Å². The smallest absolute Gasteiger partial charge is 0.0999 e. The van der Waals surface area contributed by atoms with Gasteiger partial charge in [-0.25, -0.2) is 0 Å². The average Bonchev–Trinajstić information content (AvgIpc) is 2.62. The molecule has 0 unspecified atom stereocenters. The SMILES string of the molecule is CNCc1nnn(C)c1C1CCOCC1. The number of ether oxygens (including phenoxy) is 1. The summed E-state index contributed by atoms with van der Waals surface area (Å²) in [7, 11) is 3.90. The molecule has 2 rings (SSSR count). The fraction of sp³-hybridized carbons (Fsp3) is 0.800. The Morgan fingerprint density at radius 2 is 2.20 bits per heavy atom. The number of nitrogens with one attached hydrogen (secondary N) is 1. The van der Waals surface area contributed by atoms with Crippen LogP contribution in [0.3, 0.4) is 0 Å². The van der Waals surface area contributed by atoms with Gasteiger partial charge < -0.3 is 10.1 Å². The van der Waals surface area contributed by atoms with Crippen LogP contribution in [0.15, 0.2) is 0 Å². The van der Waals surface area contributed by atoms with Gasteiger partial charge in [-0.05, 0) is 19.9 Å². The van der Waals surface area contributed by atoms with Gasteiger partial charge in [-0.3, -0.25) is 4.68 Å². The third-order valence-corrected chi connectivity index (χ3v) is 2.90. The predicted octanol–water partition coefficient (Wildman–Crippen LogP) is 0.428. The Morgan fingerprint density at radius 1 is 1.47 bits per heavy atom. The summed E-state index contributed by atoms with van der Waals surface area (Å²) in [6, 6.07) is 0. The highest BCUT2D eigenvalue weighted by atomic mass is 16.5. The maximum absolute atomic E-state index is 5.37. The largest absolute Gasteiger partial charge is 0.381 e. The third kappa shape index (κ3) is 2.18. The molecule has 0 radical (unpaired) electrons. The van der Waals surface area contributed by atoms with Crippen molar-refractivity contribution in [3.8, 4) is 0 Å². The lowest BCUT2D eigenvalue weighted by molar-refractivity contribution is 0.0835. The summed E-state index contributed by atoms with van der Waals surface area (Å²) in [5.41, 5.74) is 2.35. The zero-order valence-electron chi connectivity index (χ0n) is 9.36. The van der Waals surface area contributed by atoms with Crippen LogP contribution in [0, 0.1) is 0 Å². The quantitative estimate of drug-likeness (QED) is 0.786. The molecule has 5 nitrogen and oxygen atoms in total. The van der Waals surface area contributed by atoms with E-state index in [4.69, 9.17) is 4.74 Å². The van der Waals surface area contributed by atoms with Gasteiger partial charge in [0, 0.05) is 32.7 Å². The summed E-state index contributed by atoms with van der Waals surface area (Å²) >= 11 is 0. The van der Waals surface area contributed by atoms with E-state index in [1.807, 2.05) is 18.8 Å². The maximum Gasteiger partial charge on any atom is 0.0999 e. The highest BCUT2D eigenvalue weighted by Gasteiger charge is 2.23. The number of rotatable bonds is 3. The van der Waals surface area contributed by atoms with E-state index >= 15 is 0 Å². The second-order valence-electron chi connectivity index (χ2n) is 3.96. The van der Waals surface area contributed by atoms with Gasteiger partial charge in [-0.1, -0.05) is 5.21 Å². The van der Waals surface area contributed by atoms with Crippen LogP contribution in [0.4, 0.5) is 0 Å². The molecule has 1 N–H and O–H groups in total. The molecule has 84 valence electrons. The molecule has 0 aliphatic carbocycles. The van der Waals surface area contributed by atoms with Gasteiger partial charge in [0.15, 0.2) is 0 Å². The van der Waals surface area contributed by atoms with Crippen LogP contribution in [0.1, 0.15) is 30.1 Å². The lowest BCUT2D eigenvalue weighted by Gasteiger charge is -2.22. The van der Waals surface area contributed by atoms with Gasteiger partial charge in [-0.15, -0.1) is 5.10 Å². The Bertz CT molecular complexity index is 317. The topological polar surface area (TPSA) is 52.0 Å². The van der Waals surface area contributed by atoms with Crippen LogP contribution in [-0.2, 0) is 18.3 Å². The van der Waals surface area contributed by atoms with Gasteiger partial charge in [0.1, 0.15) is 0 Å². The van der Waals surface area contributed by atoms with E-state index in [1.165, 1.54) is 5.69 Å². The summed E-state index contributed by atoms with van der Waals surface area (Å²) in [5, 5.41) is 11.4. The van der Waals surface area contributed by atoms with Crippen LogP contribution in [0.25, 0.3) is 0 Å². The molecule has 1 aromatic heterocycles. The van der Waals surface area contributed by atoms with Crippen molar-refractivity contribution < 1.29 is 4.74 Å². The molecule has 1 fully saturated rings. The molecule has 0 bridgehead atoms. The highest BCUT2D eigenvalue weighted by Crippen LogP contribution is 2.27. The number of hydrogen-bond donors (Lipinski definition) is 1. The van der Waals surface area contributed by atoms with Crippen LogP contribution in [0.5, 0.6) is 0 Å². The Morgan fingerprint density at radius 3 is 2.87 bits per heavy atom. The standard InChI is InChI=1S/C10H18N4O/c1-11-7-9-10(14(2)13-12-9)8-3-5-15-6-4-8/h8,11H,3-7H2,1-2H3. The first-order chi connectivity index (χ1) is 7.33. The lowest BCUT2D eigenvalue weighted by Crippen LogP contribution is -2.19. The van der Waals surface area contributed by atoms with Crippen molar-refractivity contribution in [1.29, 1.82) is 0 Å². The minimum Gasteiger partial charge on any atom is -0.381 e. The molecule has 0 spiro atoms. The predicted molar refractivity (Wildman–Crippen MR) is 56.6 cm³/mol. The first-order valence-electron chi connectivity index (χ1n) is 5.43. The summed E-state index contributed by atoms with van der Waals surface area (Å²) in [6.07, 6.45) is 2.16. The number of hydrogen-bond acceptors (Lipinski definition) is 4. The monoisotopic (exact) mass is 210 g/mol. The molecule has 2 heterocycles. The molecule has 1 aliphatic heterocycles. The van der Waals surface area contributed by atoms with Crippen molar-refractivity contribution in [2.75, 3.05) is 20.3 Å². The maximum atomic E-state index is 5.37. The summed E-state index contributed by atoms with van der Waals surface area (Å²) < 4.78 is 7.28. The van der Waals surface area contributed by atoms with E-state index in [1.54, 1.807) is 0 Å². The minimum absolute atomic E-state index is 0.557. The third-order valence-electron chi connectivity index (χ3n) is 2.90. The second-order valence-corrected chi connectivity index (χ2v) is 3.96. The molecule has 0 aromatic carbocycles. The molecule has 0 amide bonds. The van der Waals surface area contributed by atoms with Gasteiger partial charge in [-0.2, -0.15) is 0 Å². The van der Waals surface area contributed by atoms with E-state index in [2.05, 4.69) is 15.6 Å². The first kappa shape index (κ1) is 10.6. The molecule has 5 heteroatoms. The Hall–Kier alpha value is -0.940. The second kappa shape index (κ2) is 4.72. The van der Waals surface area contributed by atoms with Crippen LogP contribution in [0.2, 0.25) is 0 Å². The van der Waals surface area contributed by atoms with Crippen LogP contribution in [-0.4, -0.2) is 35.3 Å². The van der Waals surface area contributed by atoms with Crippen molar-refractivity contribution in [1.82, 2.24) is 20.3 Å². The van der Waals surface area contributed by atoms with E-state index in [9.17, 15) is 0 Å². The zero-order chi connectivity index (χ0) is 10.7. The number of aromatic nitrogens is 3. The van der Waals surface area contributed by atoms with Crippen LogP contribution >= 0.6 is 0 Å². The summed E-state index contributed by atoms with van der Waals surface area (Å²) in [4.78, 5) is 0. The summed E-state index contributed by atoms with van der Waals surface area (Å²) in [6.45, 7) is 2.50. The highest BCUT2D eigenvalue weighted by molar-refractivity contribution is 5.16. The van der Waals surface area contributed by atoms with Gasteiger partial charge in [0.25, 0.3) is 0 Å². The summed E-state index contributed by atoms with van der Waals surface area (Å²) in [5.74, 6) is 0.557. The van der Waals surface area contributed by atoms with Gasteiger partial charge >= 0.3 is 0 Å². The van der Waals surface area contributed by atoms with E-state index < -0.39 is 0 Å². The minimum atomic E-state index is 0.557. The molecule has 1 aromatic rings. The van der Waals surface area contributed by atoms with Crippen molar-refractivity contribution in [2.45, 2.75) is 25.3 Å². The van der Waals surface area contributed by atoms with Crippen molar-refractivity contribution in [3.05, 3.63) is 11.4 Å². The molecular formula is C10H18N4O. The van der Waals surface area contributed by atoms with Gasteiger partial charge in [0.2, 0.25) is 0 Å². The average molecular weight is 210 g/mol. The number of nitrogens with zero attached hydrogens (tertiary/aromatic N) is 3. The Labute approximate surface area is 89.8 Å². The number of aryl methyl sites for hydroxylation is 1. The lowest BCUT2D eigenvalue weighted by atomic mass is 9.95. The van der Waals surface area contributed by atoms with Gasteiger partial charge in [0.05, 0.1) is 11.4 Å². The molecule has 1 saturated heterocycles. The fourth-order valence-corrected chi connectivity index (χ4v) is 2.17. The molecular weight excluding hydrogens is 192 g/mol. The first-order valence-corrected chi connectivity index (χ1v) is 5.43. The van der Waals surface area contributed by atoms with Crippen molar-refractivity contribution in [3.63, 3.8) is 0 Å². The van der Waals surface area contributed by atoms with E-state index in [0.29, 0.717) is 5.92 Å². The normalized spacial score (nSPS) is 18.3. The molecule has 1 aliphatic rings. The fourth-order valence-electron chi connectivity index (χ4n) is 2.17. The van der Waals surface area contributed by atoms with Crippen LogP contribution < -0.4 is 5.32 Å². The molecule has 15 heavy (non-hydrogen) atoms. The molecule has 0 atom stereocenters.